The number of carbonyl (C=O) groups is 2. The Labute approximate surface area is 175 Å². The van der Waals surface area contributed by atoms with Gasteiger partial charge in [-0.05, 0) is 41.8 Å². The Hall–Kier alpha value is -2.25. The molecule has 0 spiro atoms. The van der Waals surface area contributed by atoms with Crippen LogP contribution in [0.4, 0.5) is 18.9 Å². The number of anilines is 1. The maximum absolute atomic E-state index is 13.4. The van der Waals surface area contributed by atoms with Crippen LogP contribution in [0.15, 0.2) is 42.5 Å². The molecule has 0 unspecified atom stereocenters. The first-order chi connectivity index (χ1) is 13.5. The van der Waals surface area contributed by atoms with Gasteiger partial charge in [-0.1, -0.05) is 48.3 Å². The minimum Gasteiger partial charge on any atom is -0.481 e. The molecule has 0 aliphatic carbocycles. The summed E-state index contributed by atoms with van der Waals surface area (Å²) in [6.45, 7) is 0.934. The van der Waals surface area contributed by atoms with Crippen molar-refractivity contribution in [2.24, 2.45) is 5.92 Å². The fraction of sp³-hybridized carbons (Fsp3) is 0.300. The van der Waals surface area contributed by atoms with Gasteiger partial charge in [0, 0.05) is 11.4 Å². The monoisotopic (exact) mass is 447 g/mol. The number of carbonyl (C=O) groups excluding carboxylic acids is 1. The van der Waals surface area contributed by atoms with Crippen molar-refractivity contribution in [3.63, 3.8) is 0 Å². The Kier molecular flexibility index (Phi) is 7.54. The molecule has 0 fully saturated rings. The lowest BCUT2D eigenvalue weighted by Crippen LogP contribution is -2.34. The number of halogens is 5. The molecule has 2 N–H and O–H groups in total. The van der Waals surface area contributed by atoms with E-state index in [1.54, 1.807) is 6.07 Å². The molecule has 29 heavy (non-hydrogen) atoms. The van der Waals surface area contributed by atoms with Gasteiger partial charge in [-0.25, -0.2) is 0 Å². The molecule has 0 aromatic heterocycles. The number of aliphatic carboxylic acids is 1. The highest BCUT2D eigenvalue weighted by Crippen LogP contribution is 2.39. The zero-order valence-electron chi connectivity index (χ0n) is 15.3. The van der Waals surface area contributed by atoms with Crippen molar-refractivity contribution in [2.45, 2.75) is 31.9 Å². The molecular formula is C20H18Cl2F3NO3. The van der Waals surface area contributed by atoms with Gasteiger partial charge in [-0.3, -0.25) is 9.59 Å². The Bertz CT molecular complexity index is 886. The van der Waals surface area contributed by atoms with Crippen LogP contribution in [0.2, 0.25) is 10.0 Å². The summed E-state index contributed by atoms with van der Waals surface area (Å²) in [5.74, 6) is -5.36. The Morgan fingerprint density at radius 2 is 1.72 bits per heavy atom. The standard InChI is InChI=1S/C20H18Cl2F3NO3/c1-11(20(23,24)25)18(13-4-6-14(21)7-5-13)19(29)26-16-10-12(2-8-15(16)22)3-9-17(27)28/h2,4-8,10-11,18H,3,9H2,1H3,(H,26,29)(H,27,28)/t11-,18+/m1/s1. The van der Waals surface area contributed by atoms with Crippen molar-refractivity contribution in [1.29, 1.82) is 0 Å². The molecule has 0 radical (unpaired) electrons. The van der Waals surface area contributed by atoms with Crippen LogP contribution in [0, 0.1) is 5.92 Å². The largest absolute Gasteiger partial charge is 0.481 e. The summed E-state index contributed by atoms with van der Waals surface area (Å²) in [4.78, 5) is 23.5. The van der Waals surface area contributed by atoms with Gasteiger partial charge in [-0.15, -0.1) is 0 Å². The summed E-state index contributed by atoms with van der Waals surface area (Å²) >= 11 is 11.9. The molecule has 9 heteroatoms. The normalized spacial score (nSPS) is 13.6. The van der Waals surface area contributed by atoms with Crippen molar-refractivity contribution in [3.8, 4) is 0 Å². The van der Waals surface area contributed by atoms with Crippen LogP contribution < -0.4 is 5.32 Å². The summed E-state index contributed by atoms with van der Waals surface area (Å²) in [7, 11) is 0. The number of hydrogen-bond donors (Lipinski definition) is 2. The second-order valence-electron chi connectivity index (χ2n) is 6.56. The zero-order valence-corrected chi connectivity index (χ0v) is 16.8. The fourth-order valence-corrected chi connectivity index (χ4v) is 3.10. The number of carboxylic acid groups (broad SMARTS) is 1. The Morgan fingerprint density at radius 3 is 2.28 bits per heavy atom. The van der Waals surface area contributed by atoms with Gasteiger partial charge >= 0.3 is 12.1 Å². The van der Waals surface area contributed by atoms with Gasteiger partial charge in [0.15, 0.2) is 0 Å². The van der Waals surface area contributed by atoms with Gasteiger partial charge in [0.2, 0.25) is 5.91 Å². The molecular weight excluding hydrogens is 430 g/mol. The van der Waals surface area contributed by atoms with Crippen molar-refractivity contribution >= 4 is 40.8 Å². The third-order valence-corrected chi connectivity index (χ3v) is 5.03. The highest BCUT2D eigenvalue weighted by atomic mass is 35.5. The smallest absolute Gasteiger partial charge is 0.392 e. The lowest BCUT2D eigenvalue weighted by Gasteiger charge is -2.26. The van der Waals surface area contributed by atoms with E-state index < -0.39 is 29.9 Å². The van der Waals surface area contributed by atoms with E-state index in [-0.39, 0.29) is 29.1 Å². The molecule has 0 aliphatic rings. The molecule has 0 heterocycles. The number of alkyl halides is 3. The van der Waals surface area contributed by atoms with Crippen LogP contribution in [-0.2, 0) is 16.0 Å². The minimum atomic E-state index is -4.60. The molecule has 0 saturated heterocycles. The van der Waals surface area contributed by atoms with Crippen molar-refractivity contribution in [3.05, 3.63) is 63.6 Å². The zero-order chi connectivity index (χ0) is 21.8. The van der Waals surface area contributed by atoms with Gasteiger partial charge in [0.25, 0.3) is 0 Å². The molecule has 0 saturated carbocycles. The van der Waals surface area contributed by atoms with Crippen molar-refractivity contribution < 1.29 is 27.9 Å². The van der Waals surface area contributed by atoms with Crippen LogP contribution in [0.5, 0.6) is 0 Å². The van der Waals surface area contributed by atoms with E-state index in [9.17, 15) is 22.8 Å². The molecule has 2 aromatic carbocycles. The summed E-state index contributed by atoms with van der Waals surface area (Å²) in [6, 6.07) is 10.1. The second kappa shape index (κ2) is 9.50. The predicted octanol–water partition coefficient (Wildman–Crippen LogP) is 5.93. The molecule has 0 aliphatic heterocycles. The highest BCUT2D eigenvalue weighted by Gasteiger charge is 2.45. The molecule has 0 bridgehead atoms. The van der Waals surface area contributed by atoms with E-state index in [0.717, 1.165) is 6.92 Å². The van der Waals surface area contributed by atoms with Crippen molar-refractivity contribution in [1.82, 2.24) is 0 Å². The first kappa shape index (κ1) is 23.0. The number of hydrogen-bond acceptors (Lipinski definition) is 2. The van der Waals surface area contributed by atoms with E-state index >= 15 is 0 Å². The highest BCUT2D eigenvalue weighted by molar-refractivity contribution is 6.33. The molecule has 1 amide bonds. The number of nitrogens with one attached hydrogen (secondary N) is 1. The third kappa shape index (κ3) is 6.37. The summed E-state index contributed by atoms with van der Waals surface area (Å²) in [5.41, 5.74) is 0.863. The minimum absolute atomic E-state index is 0.118. The van der Waals surface area contributed by atoms with Crippen molar-refractivity contribution in [2.75, 3.05) is 5.32 Å². The Balaban J connectivity index is 2.33. The van der Waals surface area contributed by atoms with Gasteiger partial charge in [0.05, 0.1) is 22.5 Å². The van der Waals surface area contributed by atoms with E-state index in [1.807, 2.05) is 0 Å². The average molecular weight is 448 g/mol. The molecule has 2 atom stereocenters. The van der Waals surface area contributed by atoms with Crippen LogP contribution >= 0.6 is 23.2 Å². The number of carboxylic acids is 1. The summed E-state index contributed by atoms with van der Waals surface area (Å²) in [5, 5.41) is 11.7. The molecule has 2 aromatic rings. The van der Waals surface area contributed by atoms with E-state index in [1.165, 1.54) is 36.4 Å². The third-order valence-electron chi connectivity index (χ3n) is 4.44. The van der Waals surface area contributed by atoms with E-state index in [2.05, 4.69) is 5.32 Å². The Morgan fingerprint density at radius 1 is 1.10 bits per heavy atom. The van der Waals surface area contributed by atoms with Gasteiger partial charge in [0.1, 0.15) is 0 Å². The van der Waals surface area contributed by atoms with Crippen LogP contribution in [0.25, 0.3) is 0 Å². The van der Waals surface area contributed by atoms with Crippen LogP contribution in [0.3, 0.4) is 0 Å². The number of aryl methyl sites for hydroxylation is 1. The molecule has 4 nitrogen and oxygen atoms in total. The fourth-order valence-electron chi connectivity index (χ4n) is 2.81. The number of rotatable bonds is 7. The second-order valence-corrected chi connectivity index (χ2v) is 7.40. The number of amides is 1. The maximum Gasteiger partial charge on any atom is 0.392 e. The van der Waals surface area contributed by atoms with Gasteiger partial charge < -0.3 is 10.4 Å². The van der Waals surface area contributed by atoms with Crippen LogP contribution in [-0.4, -0.2) is 23.2 Å². The van der Waals surface area contributed by atoms with Crippen LogP contribution in [0.1, 0.15) is 30.4 Å². The summed E-state index contributed by atoms with van der Waals surface area (Å²) in [6.07, 6.45) is -4.54. The van der Waals surface area contributed by atoms with Gasteiger partial charge in [-0.2, -0.15) is 13.2 Å². The maximum atomic E-state index is 13.4. The molecule has 2 rings (SSSR count). The summed E-state index contributed by atoms with van der Waals surface area (Å²) < 4.78 is 40.2. The van der Waals surface area contributed by atoms with E-state index in [4.69, 9.17) is 28.3 Å². The van der Waals surface area contributed by atoms with E-state index in [0.29, 0.717) is 10.6 Å². The lowest BCUT2D eigenvalue weighted by atomic mass is 9.86. The molecule has 156 valence electrons. The average Bonchev–Trinajstić information content (AvgIpc) is 2.63. The first-order valence-electron chi connectivity index (χ1n) is 8.62. The quantitative estimate of drug-likeness (QED) is 0.552. The number of benzene rings is 2. The lowest BCUT2D eigenvalue weighted by molar-refractivity contribution is -0.178. The topological polar surface area (TPSA) is 66.4 Å². The first-order valence-corrected chi connectivity index (χ1v) is 9.38. The predicted molar refractivity (Wildman–Crippen MR) is 105 cm³/mol. The SMILES string of the molecule is C[C@H]([C@H](C(=O)Nc1cc(CCC(=O)O)ccc1Cl)c1ccc(Cl)cc1)C(F)(F)F.